The van der Waals surface area contributed by atoms with Gasteiger partial charge in [-0.15, -0.1) is 0 Å². The molecule has 0 aromatic heterocycles. The Kier molecular flexibility index (Phi) is 7.23. The fourth-order valence-electron chi connectivity index (χ4n) is 1.84. The highest BCUT2D eigenvalue weighted by Gasteiger charge is 2.17. The first-order valence-corrected chi connectivity index (χ1v) is 7.46. The van der Waals surface area contributed by atoms with Crippen LogP contribution in [0.2, 0.25) is 5.02 Å². The summed E-state index contributed by atoms with van der Waals surface area (Å²) in [5.74, 6) is -0.225. The summed E-state index contributed by atoms with van der Waals surface area (Å²) >= 11 is 5.79. The third-order valence-electron chi connectivity index (χ3n) is 2.99. The van der Waals surface area contributed by atoms with Crippen molar-refractivity contribution in [1.82, 2.24) is 0 Å². The van der Waals surface area contributed by atoms with Crippen molar-refractivity contribution in [2.24, 2.45) is 5.92 Å². The standard InChI is InChI=1S/C16H21ClO4/c1-4-14(11(2)3)21-16(19)9-8-15(18)20-13-7-5-6-12(17)10-13/h5-7,10-11,14H,4,8-9H2,1-3H3. The van der Waals surface area contributed by atoms with Crippen molar-refractivity contribution >= 4 is 23.5 Å². The maximum atomic E-state index is 11.7. The normalized spacial score (nSPS) is 12.0. The Balaban J connectivity index is 2.37. The fourth-order valence-corrected chi connectivity index (χ4v) is 2.02. The van der Waals surface area contributed by atoms with Gasteiger partial charge in [-0.25, -0.2) is 0 Å². The van der Waals surface area contributed by atoms with E-state index in [1.54, 1.807) is 24.3 Å². The lowest BCUT2D eigenvalue weighted by molar-refractivity contribution is -0.153. The Hall–Kier alpha value is -1.55. The largest absolute Gasteiger partial charge is 0.462 e. The summed E-state index contributed by atoms with van der Waals surface area (Å²) in [4.78, 5) is 23.3. The smallest absolute Gasteiger partial charge is 0.311 e. The summed E-state index contributed by atoms with van der Waals surface area (Å²) < 4.78 is 10.4. The lowest BCUT2D eigenvalue weighted by Crippen LogP contribution is -2.23. The number of carbonyl (C=O) groups is 2. The number of rotatable bonds is 7. The highest BCUT2D eigenvalue weighted by Crippen LogP contribution is 2.18. The Labute approximate surface area is 130 Å². The van der Waals surface area contributed by atoms with Crippen LogP contribution in [-0.2, 0) is 14.3 Å². The average molecular weight is 313 g/mol. The molecule has 0 aliphatic heterocycles. The molecule has 0 fully saturated rings. The molecule has 0 aliphatic rings. The zero-order valence-corrected chi connectivity index (χ0v) is 13.4. The Bertz CT molecular complexity index is 485. The van der Waals surface area contributed by atoms with Gasteiger partial charge in [0.15, 0.2) is 0 Å². The topological polar surface area (TPSA) is 52.6 Å². The lowest BCUT2D eigenvalue weighted by atomic mass is 10.1. The van der Waals surface area contributed by atoms with Crippen LogP contribution in [0.3, 0.4) is 0 Å². The number of hydrogen-bond acceptors (Lipinski definition) is 4. The van der Waals surface area contributed by atoms with Gasteiger partial charge in [0, 0.05) is 5.02 Å². The molecule has 0 aliphatic carbocycles. The Morgan fingerprint density at radius 3 is 2.43 bits per heavy atom. The second kappa shape index (κ2) is 8.67. The zero-order chi connectivity index (χ0) is 15.8. The van der Waals surface area contributed by atoms with Crippen LogP contribution < -0.4 is 4.74 Å². The third kappa shape index (κ3) is 6.63. The summed E-state index contributed by atoms with van der Waals surface area (Å²) in [6.45, 7) is 5.95. The SMILES string of the molecule is CCC(OC(=O)CCC(=O)Oc1cccc(Cl)c1)C(C)C. The van der Waals surface area contributed by atoms with Crippen LogP contribution in [-0.4, -0.2) is 18.0 Å². The van der Waals surface area contributed by atoms with Crippen molar-refractivity contribution < 1.29 is 19.1 Å². The van der Waals surface area contributed by atoms with Crippen LogP contribution in [0.15, 0.2) is 24.3 Å². The van der Waals surface area contributed by atoms with Crippen LogP contribution in [0.4, 0.5) is 0 Å². The van der Waals surface area contributed by atoms with Crippen LogP contribution in [0.25, 0.3) is 0 Å². The Morgan fingerprint density at radius 1 is 1.19 bits per heavy atom. The predicted molar refractivity (Wildman–Crippen MR) is 81.3 cm³/mol. The highest BCUT2D eigenvalue weighted by molar-refractivity contribution is 6.30. The van der Waals surface area contributed by atoms with E-state index < -0.39 is 5.97 Å². The number of ether oxygens (including phenoxy) is 2. The van der Waals surface area contributed by atoms with Gasteiger partial charge in [-0.1, -0.05) is 38.4 Å². The molecule has 5 heteroatoms. The van der Waals surface area contributed by atoms with Gasteiger partial charge in [-0.05, 0) is 30.5 Å². The van der Waals surface area contributed by atoms with Gasteiger partial charge in [0.25, 0.3) is 0 Å². The highest BCUT2D eigenvalue weighted by atomic mass is 35.5. The van der Waals surface area contributed by atoms with E-state index >= 15 is 0 Å². The van der Waals surface area contributed by atoms with Crippen molar-refractivity contribution in [3.8, 4) is 5.75 Å². The fraction of sp³-hybridized carbons (Fsp3) is 0.500. The van der Waals surface area contributed by atoms with E-state index in [-0.39, 0.29) is 30.8 Å². The van der Waals surface area contributed by atoms with E-state index in [1.165, 1.54) is 0 Å². The minimum atomic E-state index is -0.480. The number of halogens is 1. The van der Waals surface area contributed by atoms with Gasteiger partial charge in [0.2, 0.25) is 0 Å². The minimum Gasteiger partial charge on any atom is -0.462 e. The first-order chi connectivity index (χ1) is 9.92. The first kappa shape index (κ1) is 17.5. The molecule has 0 heterocycles. The second-order valence-corrected chi connectivity index (χ2v) is 5.55. The summed E-state index contributed by atoms with van der Waals surface area (Å²) in [7, 11) is 0. The van der Waals surface area contributed by atoms with E-state index in [9.17, 15) is 9.59 Å². The van der Waals surface area contributed by atoms with Crippen molar-refractivity contribution in [2.45, 2.75) is 46.1 Å². The monoisotopic (exact) mass is 312 g/mol. The molecule has 4 nitrogen and oxygen atoms in total. The molecule has 0 bridgehead atoms. The van der Waals surface area contributed by atoms with Gasteiger partial charge in [-0.2, -0.15) is 0 Å². The molecule has 1 unspecified atom stereocenters. The van der Waals surface area contributed by atoms with Crippen molar-refractivity contribution in [2.75, 3.05) is 0 Å². The van der Waals surface area contributed by atoms with Crippen LogP contribution in [0.5, 0.6) is 5.75 Å². The maximum absolute atomic E-state index is 11.7. The Morgan fingerprint density at radius 2 is 1.86 bits per heavy atom. The summed E-state index contributed by atoms with van der Waals surface area (Å²) in [6.07, 6.45) is 0.653. The molecule has 1 rings (SSSR count). The molecule has 0 saturated carbocycles. The van der Waals surface area contributed by atoms with Gasteiger partial charge < -0.3 is 9.47 Å². The second-order valence-electron chi connectivity index (χ2n) is 5.11. The zero-order valence-electron chi connectivity index (χ0n) is 12.6. The molecule has 0 saturated heterocycles. The maximum Gasteiger partial charge on any atom is 0.311 e. The molecule has 0 amide bonds. The molecule has 0 N–H and O–H groups in total. The van der Waals surface area contributed by atoms with Crippen LogP contribution in [0.1, 0.15) is 40.0 Å². The molecular weight excluding hydrogens is 292 g/mol. The molecule has 0 spiro atoms. The number of esters is 2. The van der Waals surface area contributed by atoms with E-state index in [2.05, 4.69) is 0 Å². The van der Waals surface area contributed by atoms with Crippen molar-refractivity contribution in [1.29, 1.82) is 0 Å². The van der Waals surface area contributed by atoms with Gasteiger partial charge in [-0.3, -0.25) is 9.59 Å². The van der Waals surface area contributed by atoms with E-state index in [0.29, 0.717) is 10.8 Å². The first-order valence-electron chi connectivity index (χ1n) is 7.08. The van der Waals surface area contributed by atoms with E-state index in [0.717, 1.165) is 6.42 Å². The molecule has 21 heavy (non-hydrogen) atoms. The lowest BCUT2D eigenvalue weighted by Gasteiger charge is -2.19. The molecular formula is C16H21ClO4. The third-order valence-corrected chi connectivity index (χ3v) is 3.22. The number of benzene rings is 1. The molecule has 116 valence electrons. The molecule has 0 radical (unpaired) electrons. The summed E-state index contributed by atoms with van der Waals surface area (Å²) in [6, 6.07) is 6.55. The van der Waals surface area contributed by atoms with Gasteiger partial charge in [0.1, 0.15) is 11.9 Å². The molecule has 1 atom stereocenters. The van der Waals surface area contributed by atoms with Gasteiger partial charge in [0.05, 0.1) is 12.8 Å². The van der Waals surface area contributed by atoms with E-state index in [4.69, 9.17) is 21.1 Å². The quantitative estimate of drug-likeness (QED) is 0.564. The van der Waals surface area contributed by atoms with Crippen LogP contribution in [0, 0.1) is 5.92 Å². The molecule has 1 aromatic rings. The number of hydrogen-bond donors (Lipinski definition) is 0. The van der Waals surface area contributed by atoms with Crippen molar-refractivity contribution in [3.63, 3.8) is 0 Å². The number of carbonyl (C=O) groups excluding carboxylic acids is 2. The average Bonchev–Trinajstić information content (AvgIpc) is 2.42. The minimum absolute atomic E-state index is 0.0140. The summed E-state index contributed by atoms with van der Waals surface area (Å²) in [5.41, 5.74) is 0. The van der Waals surface area contributed by atoms with Crippen molar-refractivity contribution in [3.05, 3.63) is 29.3 Å². The van der Waals surface area contributed by atoms with Gasteiger partial charge >= 0.3 is 11.9 Å². The van der Waals surface area contributed by atoms with E-state index in [1.807, 2.05) is 20.8 Å². The summed E-state index contributed by atoms with van der Waals surface area (Å²) in [5, 5.41) is 0.488. The predicted octanol–water partition coefficient (Wildman–Crippen LogP) is 4.00. The van der Waals surface area contributed by atoms with Crippen LogP contribution >= 0.6 is 11.6 Å². The molecule has 1 aromatic carbocycles.